The Morgan fingerprint density at radius 3 is 2.62 bits per heavy atom. The van der Waals surface area contributed by atoms with Gasteiger partial charge in [0.2, 0.25) is 0 Å². The summed E-state index contributed by atoms with van der Waals surface area (Å²) < 4.78 is 0. The molecule has 0 spiro atoms. The van der Waals surface area contributed by atoms with Gasteiger partial charge in [0.15, 0.2) is 0 Å². The monoisotopic (exact) mass is 181 g/mol. The lowest BCUT2D eigenvalue weighted by Crippen LogP contribution is -2.33. The second-order valence-electron chi connectivity index (χ2n) is 5.45. The highest BCUT2D eigenvalue weighted by atomic mass is 14.4. The zero-order chi connectivity index (χ0) is 9.90. The fourth-order valence-electron chi connectivity index (χ4n) is 3.06. The molecule has 0 bridgehead atoms. The van der Waals surface area contributed by atoms with Crippen molar-refractivity contribution in [1.82, 2.24) is 0 Å². The summed E-state index contributed by atoms with van der Waals surface area (Å²) in [6.45, 7) is 9.55. The molecule has 0 N–H and O–H groups in total. The van der Waals surface area contributed by atoms with Gasteiger partial charge in [-0.05, 0) is 36.5 Å². The van der Waals surface area contributed by atoms with Gasteiger partial charge >= 0.3 is 0 Å². The Morgan fingerprint density at radius 2 is 2.08 bits per heavy atom. The summed E-state index contributed by atoms with van der Waals surface area (Å²) >= 11 is 0. The molecule has 0 heteroatoms. The molecular formula is C13H25. The third kappa shape index (κ3) is 2.72. The van der Waals surface area contributed by atoms with Crippen molar-refractivity contribution in [2.24, 2.45) is 17.3 Å². The molecule has 1 radical (unpaired) electrons. The maximum Gasteiger partial charge on any atom is -0.0323 e. The smallest absolute Gasteiger partial charge is 0.0323 e. The average Bonchev–Trinajstić information content (AvgIpc) is 2.02. The van der Waals surface area contributed by atoms with E-state index in [9.17, 15) is 0 Å². The number of hydrogen-bond donors (Lipinski definition) is 0. The maximum absolute atomic E-state index is 2.46. The standard InChI is InChI=1S/C13H25/c1-5-6-9-12-11(2)8-7-10-13(12,3)4/h5,11-12H,6-10H2,1-4H3. The summed E-state index contributed by atoms with van der Waals surface area (Å²) in [4.78, 5) is 0. The van der Waals surface area contributed by atoms with Crippen LogP contribution in [-0.2, 0) is 0 Å². The van der Waals surface area contributed by atoms with Gasteiger partial charge in [0, 0.05) is 0 Å². The van der Waals surface area contributed by atoms with E-state index in [-0.39, 0.29) is 0 Å². The summed E-state index contributed by atoms with van der Waals surface area (Å²) in [5.74, 6) is 1.90. The number of rotatable bonds is 3. The van der Waals surface area contributed by atoms with E-state index >= 15 is 0 Å². The van der Waals surface area contributed by atoms with Crippen LogP contribution >= 0.6 is 0 Å². The Labute approximate surface area is 84.1 Å². The summed E-state index contributed by atoms with van der Waals surface area (Å²) in [5.41, 5.74) is 0.598. The lowest BCUT2D eigenvalue weighted by molar-refractivity contribution is 0.0765. The Morgan fingerprint density at radius 1 is 1.38 bits per heavy atom. The fraction of sp³-hybridized carbons (Fsp3) is 0.923. The van der Waals surface area contributed by atoms with Crippen molar-refractivity contribution in [2.45, 2.75) is 59.8 Å². The van der Waals surface area contributed by atoms with Gasteiger partial charge in [-0.1, -0.05) is 47.0 Å². The minimum atomic E-state index is 0.598. The van der Waals surface area contributed by atoms with Crippen LogP contribution in [0.25, 0.3) is 0 Å². The molecule has 0 aromatic heterocycles. The predicted molar refractivity (Wildman–Crippen MR) is 59.5 cm³/mol. The van der Waals surface area contributed by atoms with Gasteiger partial charge in [-0.15, -0.1) is 0 Å². The van der Waals surface area contributed by atoms with E-state index < -0.39 is 0 Å². The van der Waals surface area contributed by atoms with Crippen LogP contribution in [0.15, 0.2) is 0 Å². The Kier molecular flexibility index (Phi) is 3.82. The lowest BCUT2D eigenvalue weighted by atomic mass is 9.62. The second-order valence-corrected chi connectivity index (χ2v) is 5.45. The zero-order valence-electron chi connectivity index (χ0n) is 9.77. The first-order chi connectivity index (χ1) is 6.08. The molecule has 1 fully saturated rings. The van der Waals surface area contributed by atoms with Crippen LogP contribution in [0.1, 0.15) is 59.8 Å². The van der Waals surface area contributed by atoms with E-state index in [4.69, 9.17) is 0 Å². The zero-order valence-corrected chi connectivity index (χ0v) is 9.77. The average molecular weight is 181 g/mol. The molecule has 2 atom stereocenters. The third-order valence-electron chi connectivity index (χ3n) is 3.94. The Hall–Kier alpha value is 0. The Balaban J connectivity index is 2.52. The fourth-order valence-corrected chi connectivity index (χ4v) is 3.06. The van der Waals surface area contributed by atoms with E-state index in [0.717, 1.165) is 11.8 Å². The molecule has 0 heterocycles. The van der Waals surface area contributed by atoms with E-state index in [1.165, 1.54) is 32.1 Å². The largest absolute Gasteiger partial charge is 0.0623 e. The highest BCUT2D eigenvalue weighted by molar-refractivity contribution is 4.87. The van der Waals surface area contributed by atoms with Gasteiger partial charge in [0.1, 0.15) is 0 Å². The summed E-state index contributed by atoms with van der Waals surface area (Å²) in [7, 11) is 0. The summed E-state index contributed by atoms with van der Waals surface area (Å²) in [5, 5.41) is 0. The number of unbranched alkanes of at least 4 members (excludes halogenated alkanes) is 1. The van der Waals surface area contributed by atoms with Crippen LogP contribution in [0.2, 0.25) is 0 Å². The van der Waals surface area contributed by atoms with E-state index in [2.05, 4.69) is 34.1 Å². The molecular weight excluding hydrogens is 156 g/mol. The van der Waals surface area contributed by atoms with E-state index in [1.807, 2.05) is 0 Å². The summed E-state index contributed by atoms with van der Waals surface area (Å²) in [6.07, 6.45) is 9.37. The number of hydrogen-bond acceptors (Lipinski definition) is 0. The molecule has 0 nitrogen and oxygen atoms in total. The molecule has 0 aromatic carbocycles. The van der Waals surface area contributed by atoms with Crippen LogP contribution in [0.5, 0.6) is 0 Å². The van der Waals surface area contributed by atoms with Crippen LogP contribution in [0.3, 0.4) is 0 Å². The molecule has 0 aliphatic heterocycles. The van der Waals surface area contributed by atoms with Crippen LogP contribution in [0, 0.1) is 23.7 Å². The molecule has 1 aliphatic carbocycles. The first kappa shape index (κ1) is 11.1. The van der Waals surface area contributed by atoms with E-state index in [1.54, 1.807) is 0 Å². The Bertz CT molecular complexity index is 146. The van der Waals surface area contributed by atoms with Crippen LogP contribution < -0.4 is 0 Å². The van der Waals surface area contributed by atoms with Gasteiger partial charge in [0.05, 0.1) is 0 Å². The van der Waals surface area contributed by atoms with Gasteiger partial charge in [-0.2, -0.15) is 0 Å². The first-order valence-corrected chi connectivity index (χ1v) is 5.86. The normalized spacial score (nSPS) is 33.2. The molecule has 1 saturated carbocycles. The minimum absolute atomic E-state index is 0.598. The molecule has 1 rings (SSSR count). The van der Waals surface area contributed by atoms with Crippen molar-refractivity contribution in [2.75, 3.05) is 0 Å². The predicted octanol–water partition coefficient (Wildman–Crippen LogP) is 4.45. The van der Waals surface area contributed by atoms with Crippen LogP contribution in [-0.4, -0.2) is 0 Å². The van der Waals surface area contributed by atoms with Gasteiger partial charge in [-0.25, -0.2) is 0 Å². The molecule has 0 amide bonds. The van der Waals surface area contributed by atoms with Crippen molar-refractivity contribution >= 4 is 0 Å². The molecule has 0 saturated heterocycles. The molecule has 1 aliphatic rings. The topological polar surface area (TPSA) is 0 Å². The minimum Gasteiger partial charge on any atom is -0.0623 e. The molecule has 13 heavy (non-hydrogen) atoms. The second kappa shape index (κ2) is 4.48. The highest BCUT2D eigenvalue weighted by Crippen LogP contribution is 2.46. The third-order valence-corrected chi connectivity index (χ3v) is 3.94. The summed E-state index contributed by atoms with van der Waals surface area (Å²) in [6, 6.07) is 0. The van der Waals surface area contributed by atoms with Crippen molar-refractivity contribution in [1.29, 1.82) is 0 Å². The van der Waals surface area contributed by atoms with Gasteiger partial charge in [0.25, 0.3) is 0 Å². The first-order valence-electron chi connectivity index (χ1n) is 5.86. The van der Waals surface area contributed by atoms with Gasteiger partial charge < -0.3 is 0 Å². The van der Waals surface area contributed by atoms with E-state index in [0.29, 0.717) is 5.41 Å². The molecule has 2 unspecified atom stereocenters. The quantitative estimate of drug-likeness (QED) is 0.603. The van der Waals surface area contributed by atoms with Crippen molar-refractivity contribution < 1.29 is 0 Å². The lowest BCUT2D eigenvalue weighted by Gasteiger charge is -2.43. The van der Waals surface area contributed by atoms with Gasteiger partial charge in [-0.3, -0.25) is 0 Å². The maximum atomic E-state index is 2.46. The SMILES string of the molecule is C[CH]CCC1C(C)CCCC1(C)C. The highest BCUT2D eigenvalue weighted by Gasteiger charge is 2.35. The van der Waals surface area contributed by atoms with Crippen LogP contribution in [0.4, 0.5) is 0 Å². The van der Waals surface area contributed by atoms with Crippen molar-refractivity contribution in [3.8, 4) is 0 Å². The molecule has 77 valence electrons. The molecule has 0 aromatic rings. The van der Waals surface area contributed by atoms with Crippen molar-refractivity contribution in [3.05, 3.63) is 6.42 Å². The van der Waals surface area contributed by atoms with Crippen molar-refractivity contribution in [3.63, 3.8) is 0 Å².